The number of ether oxygens (including phenoxy) is 1. The minimum absolute atomic E-state index is 0.121. The molecular formula is C25H29F3N6O2. The molecule has 0 spiro atoms. The second-order valence-corrected chi connectivity index (χ2v) is 10.0. The molecule has 3 aliphatic rings. The smallest absolute Gasteiger partial charge is 0.378 e. The molecule has 2 aliphatic carbocycles. The lowest BCUT2D eigenvalue weighted by Crippen LogP contribution is -2.55. The van der Waals surface area contributed by atoms with Crippen LogP contribution in [0.4, 0.5) is 24.7 Å². The fraction of sp³-hybridized carbons (Fsp3) is 0.560. The number of primary amides is 1. The van der Waals surface area contributed by atoms with Crippen LogP contribution in [0, 0.1) is 23.2 Å². The Labute approximate surface area is 207 Å². The van der Waals surface area contributed by atoms with Gasteiger partial charge < -0.3 is 15.8 Å². The molecule has 192 valence electrons. The van der Waals surface area contributed by atoms with Gasteiger partial charge in [0.15, 0.2) is 5.82 Å². The lowest BCUT2D eigenvalue weighted by molar-refractivity contribution is -0.137. The van der Waals surface area contributed by atoms with Gasteiger partial charge in [0.2, 0.25) is 0 Å². The summed E-state index contributed by atoms with van der Waals surface area (Å²) < 4.78 is 45.7. The van der Waals surface area contributed by atoms with Gasteiger partial charge in [-0.2, -0.15) is 23.5 Å². The van der Waals surface area contributed by atoms with Gasteiger partial charge in [0.25, 0.3) is 5.91 Å². The van der Waals surface area contributed by atoms with Crippen LogP contribution in [0.3, 0.4) is 0 Å². The summed E-state index contributed by atoms with van der Waals surface area (Å²) in [4.78, 5) is 14.6. The Balaban J connectivity index is 1.32. The molecule has 0 bridgehead atoms. The third-order valence-electron chi connectivity index (χ3n) is 7.49. The fourth-order valence-corrected chi connectivity index (χ4v) is 5.21. The van der Waals surface area contributed by atoms with Crippen LogP contribution in [0.25, 0.3) is 0 Å². The van der Waals surface area contributed by atoms with Gasteiger partial charge in [0, 0.05) is 24.5 Å². The topological polar surface area (TPSA) is 109 Å². The maximum atomic E-state index is 12.9. The Morgan fingerprint density at radius 1 is 1.19 bits per heavy atom. The van der Waals surface area contributed by atoms with Crippen molar-refractivity contribution in [3.8, 4) is 6.07 Å². The van der Waals surface area contributed by atoms with Crippen molar-refractivity contribution in [3.63, 3.8) is 0 Å². The molecule has 2 aromatic rings. The maximum absolute atomic E-state index is 12.9. The average Bonchev–Trinajstić information content (AvgIpc) is 3.53. The van der Waals surface area contributed by atoms with Gasteiger partial charge in [-0.3, -0.25) is 14.4 Å². The second kappa shape index (κ2) is 9.75. The summed E-state index contributed by atoms with van der Waals surface area (Å²) in [7, 11) is 0. The van der Waals surface area contributed by atoms with E-state index in [1.807, 2.05) is 0 Å². The summed E-state index contributed by atoms with van der Waals surface area (Å²) in [5.41, 5.74) is 5.26. The Morgan fingerprint density at radius 3 is 2.47 bits per heavy atom. The first-order chi connectivity index (χ1) is 17.2. The molecule has 36 heavy (non-hydrogen) atoms. The lowest BCUT2D eigenvalue weighted by Gasteiger charge is -2.45. The minimum Gasteiger partial charge on any atom is -0.378 e. The predicted molar refractivity (Wildman–Crippen MR) is 125 cm³/mol. The minimum atomic E-state index is -4.44. The number of nitrogens with one attached hydrogen (secondary N) is 1. The van der Waals surface area contributed by atoms with Crippen molar-refractivity contribution >= 4 is 17.4 Å². The molecule has 11 heteroatoms. The van der Waals surface area contributed by atoms with Crippen molar-refractivity contribution < 1.29 is 22.7 Å². The van der Waals surface area contributed by atoms with Gasteiger partial charge in [-0.1, -0.05) is 0 Å². The van der Waals surface area contributed by atoms with Gasteiger partial charge in [-0.25, -0.2) is 0 Å². The summed E-state index contributed by atoms with van der Waals surface area (Å²) in [5, 5.41) is 17.4. The third kappa shape index (κ3) is 5.20. The molecule has 3 N–H and O–H groups in total. The van der Waals surface area contributed by atoms with E-state index >= 15 is 0 Å². The number of benzene rings is 1. The first kappa shape index (κ1) is 24.6. The van der Waals surface area contributed by atoms with Crippen LogP contribution in [0.1, 0.15) is 54.1 Å². The highest BCUT2D eigenvalue weighted by molar-refractivity contribution is 5.98. The fourth-order valence-electron chi connectivity index (χ4n) is 5.21. The molecule has 1 aromatic carbocycles. The number of hydrogen-bond donors (Lipinski definition) is 2. The normalized spacial score (nSPS) is 24.8. The summed E-state index contributed by atoms with van der Waals surface area (Å²) in [6, 6.07) is 7.39. The van der Waals surface area contributed by atoms with Crippen molar-refractivity contribution in [1.29, 1.82) is 5.26 Å². The largest absolute Gasteiger partial charge is 0.416 e. The number of carbonyl (C=O) groups excluding carboxylic acids is 1. The third-order valence-corrected chi connectivity index (χ3v) is 7.49. The van der Waals surface area contributed by atoms with Crippen LogP contribution in [-0.2, 0) is 10.9 Å². The van der Waals surface area contributed by atoms with Crippen LogP contribution >= 0.6 is 0 Å². The number of nitrogens with zero attached hydrogens (tertiary/aromatic N) is 4. The zero-order valence-electron chi connectivity index (χ0n) is 19.7. The summed E-state index contributed by atoms with van der Waals surface area (Å²) in [6.45, 7) is 2.53. The molecule has 8 nitrogen and oxygen atoms in total. The van der Waals surface area contributed by atoms with Crippen molar-refractivity contribution in [2.75, 3.05) is 25.1 Å². The number of nitrogens with two attached hydrogens (primary N) is 1. The molecule has 5 rings (SSSR count). The first-order valence-corrected chi connectivity index (χ1v) is 12.3. The number of alkyl halides is 3. The highest BCUT2D eigenvalue weighted by Gasteiger charge is 2.41. The lowest BCUT2D eigenvalue weighted by atomic mass is 9.81. The zero-order valence-corrected chi connectivity index (χ0v) is 19.7. The van der Waals surface area contributed by atoms with Crippen LogP contribution in [-0.4, -0.2) is 52.4 Å². The summed E-state index contributed by atoms with van der Waals surface area (Å²) in [6.07, 6.45) is 1.95. The Bertz CT molecular complexity index is 1130. The Morgan fingerprint density at radius 2 is 1.92 bits per heavy atom. The van der Waals surface area contributed by atoms with E-state index in [9.17, 15) is 23.2 Å². The van der Waals surface area contributed by atoms with E-state index in [0.29, 0.717) is 24.2 Å². The summed E-state index contributed by atoms with van der Waals surface area (Å²) in [5.74, 6) is -0.112. The van der Waals surface area contributed by atoms with Crippen molar-refractivity contribution in [2.45, 2.75) is 56.4 Å². The highest BCUT2D eigenvalue weighted by Crippen LogP contribution is 2.40. The molecule has 2 saturated carbocycles. The number of rotatable bonds is 8. The van der Waals surface area contributed by atoms with E-state index in [4.69, 9.17) is 10.5 Å². The van der Waals surface area contributed by atoms with Crippen molar-refractivity contribution in [1.82, 2.24) is 14.7 Å². The number of anilines is 2. The highest BCUT2D eigenvalue weighted by atomic mass is 19.4. The maximum Gasteiger partial charge on any atom is 0.416 e. The predicted octanol–water partition coefficient (Wildman–Crippen LogP) is 4.09. The van der Waals surface area contributed by atoms with E-state index < -0.39 is 17.6 Å². The van der Waals surface area contributed by atoms with Crippen LogP contribution in [0.15, 0.2) is 30.5 Å². The molecular weight excluding hydrogens is 473 g/mol. The molecule has 2 heterocycles. The average molecular weight is 503 g/mol. The number of amides is 1. The van der Waals surface area contributed by atoms with Gasteiger partial charge in [-0.05, 0) is 62.3 Å². The monoisotopic (exact) mass is 502 g/mol. The quantitative estimate of drug-likeness (QED) is 0.563. The van der Waals surface area contributed by atoms with Crippen molar-refractivity contribution in [3.05, 3.63) is 41.6 Å². The van der Waals surface area contributed by atoms with Crippen LogP contribution in [0.2, 0.25) is 0 Å². The number of hydrogen-bond acceptors (Lipinski definition) is 6. The molecule has 1 saturated heterocycles. The number of nitriles is 1. The first-order valence-electron chi connectivity index (χ1n) is 12.3. The molecule has 1 amide bonds. The van der Waals surface area contributed by atoms with E-state index in [1.54, 1.807) is 4.68 Å². The van der Waals surface area contributed by atoms with E-state index in [1.165, 1.54) is 31.2 Å². The molecule has 0 radical (unpaired) electrons. The SMILES string of the molecule is N#CC1CC(N(CC2CC2)C2COC2)CCC1n1cc(C(N)=O)c(Nc2ccc(C(F)(F)F)cc2)n1. The van der Waals surface area contributed by atoms with Crippen LogP contribution < -0.4 is 11.1 Å². The summed E-state index contributed by atoms with van der Waals surface area (Å²) >= 11 is 0. The molecule has 1 aromatic heterocycles. The molecule has 3 atom stereocenters. The van der Waals surface area contributed by atoms with Gasteiger partial charge >= 0.3 is 6.18 Å². The molecule has 3 unspecified atom stereocenters. The van der Waals surface area contributed by atoms with Crippen molar-refractivity contribution in [2.24, 2.45) is 17.6 Å². The van der Waals surface area contributed by atoms with Gasteiger partial charge in [0.1, 0.15) is 5.56 Å². The van der Waals surface area contributed by atoms with Gasteiger partial charge in [-0.15, -0.1) is 0 Å². The Hall–Kier alpha value is -3.10. The second-order valence-electron chi connectivity index (χ2n) is 10.0. The van der Waals surface area contributed by atoms with Crippen LogP contribution in [0.5, 0.6) is 0 Å². The van der Waals surface area contributed by atoms with E-state index in [-0.39, 0.29) is 23.3 Å². The number of halogens is 3. The van der Waals surface area contributed by atoms with E-state index in [2.05, 4.69) is 21.4 Å². The van der Waals surface area contributed by atoms with Gasteiger partial charge in [0.05, 0.1) is 42.8 Å². The standard InChI is InChI=1S/C25H29F3N6O2/c26-25(27,28)17-3-5-18(6-4-17)31-24-21(23(30)35)12-34(32-24)22-8-7-19(9-16(22)10-29)33(11-15-1-2-15)20-13-36-14-20/h3-6,12,15-16,19-20,22H,1-2,7-9,11,13-14H2,(H2,30,35)(H,31,32). The molecule has 3 fully saturated rings. The Kier molecular flexibility index (Phi) is 6.66. The zero-order chi connectivity index (χ0) is 25.4. The number of aromatic nitrogens is 2. The number of carbonyl (C=O) groups is 1. The van der Waals surface area contributed by atoms with E-state index in [0.717, 1.165) is 50.7 Å². The molecule has 1 aliphatic heterocycles.